The Labute approximate surface area is 104 Å². The fourth-order valence-electron chi connectivity index (χ4n) is 0. The molecule has 0 atom stereocenters. The van der Waals surface area contributed by atoms with E-state index in [0.29, 0.717) is 0 Å². The largest absolute Gasteiger partial charge is 2.00 e. The van der Waals surface area contributed by atoms with Crippen LogP contribution in [0.15, 0.2) is 0 Å². The summed E-state index contributed by atoms with van der Waals surface area (Å²) in [6, 6.07) is 0. The Morgan fingerprint density at radius 2 is 1.09 bits per heavy atom. The van der Waals surface area contributed by atoms with E-state index in [0.717, 1.165) is 0 Å². The fraction of sp³-hybridized carbons (Fsp3) is 0.500. The van der Waals surface area contributed by atoms with Crippen LogP contribution in [0.4, 0.5) is 0 Å². The van der Waals surface area contributed by atoms with Crippen molar-refractivity contribution in [1.29, 1.82) is 0 Å². The third-order valence-corrected chi connectivity index (χ3v) is 0.333. The Balaban J connectivity index is -0.000000107. The van der Waals surface area contributed by atoms with E-state index in [1.54, 1.807) is 0 Å². The molecule has 0 aromatic carbocycles. The zero-order valence-electron chi connectivity index (χ0n) is 5.91. The fourth-order valence-corrected chi connectivity index (χ4v) is 0. The SMILES string of the molecule is NCC(=O)[O-].NCC(=O)[O-].[Ba+2]. The molecule has 0 aliphatic rings. The number of nitrogens with two attached hydrogens (primary N) is 2. The van der Waals surface area contributed by atoms with Gasteiger partial charge in [0.15, 0.2) is 0 Å². The molecule has 0 radical (unpaired) electrons. The maximum Gasteiger partial charge on any atom is 2.00 e. The first kappa shape index (κ1) is 17.5. The third kappa shape index (κ3) is 37.8. The molecule has 0 rings (SSSR count). The summed E-state index contributed by atoms with van der Waals surface area (Å²) in [6.07, 6.45) is 0. The van der Waals surface area contributed by atoms with Crippen LogP contribution < -0.4 is 21.7 Å². The quantitative estimate of drug-likeness (QED) is 0.488. The molecule has 0 aromatic heterocycles. The standard InChI is InChI=1S/2C2H5NO2.Ba/c2*3-1-2(4)5;/h2*1,3H2,(H,4,5);/q;;+2/p-2. The van der Waals surface area contributed by atoms with E-state index >= 15 is 0 Å². The van der Waals surface area contributed by atoms with Gasteiger partial charge in [-0.15, -0.1) is 0 Å². The number of carboxylic acids is 2. The predicted molar refractivity (Wildman–Crippen MR) is 33.9 cm³/mol. The summed E-state index contributed by atoms with van der Waals surface area (Å²) in [5.74, 6) is -2.44. The van der Waals surface area contributed by atoms with Crippen LogP contribution in [0, 0.1) is 0 Å². The number of aliphatic carboxylic acids is 2. The number of hydrogen-bond acceptors (Lipinski definition) is 6. The molecular weight excluding hydrogens is 277 g/mol. The van der Waals surface area contributed by atoms with Crippen molar-refractivity contribution in [3.05, 3.63) is 0 Å². The number of hydrogen-bond donors (Lipinski definition) is 2. The molecule has 60 valence electrons. The normalized spacial score (nSPS) is 6.73. The van der Waals surface area contributed by atoms with Crippen molar-refractivity contribution in [1.82, 2.24) is 0 Å². The Morgan fingerprint density at radius 1 is 1.00 bits per heavy atom. The molecule has 4 N–H and O–H groups in total. The van der Waals surface area contributed by atoms with Gasteiger partial charge in [0, 0.05) is 13.1 Å². The van der Waals surface area contributed by atoms with Crippen molar-refractivity contribution in [3.8, 4) is 0 Å². The van der Waals surface area contributed by atoms with E-state index in [2.05, 4.69) is 11.5 Å². The summed E-state index contributed by atoms with van der Waals surface area (Å²) in [7, 11) is 0. The number of carboxylic acid groups (broad SMARTS) is 2. The maximum atomic E-state index is 9.13. The van der Waals surface area contributed by atoms with Crippen LogP contribution >= 0.6 is 0 Å². The molecular formula is C4H8BaN2O4. The summed E-state index contributed by atoms with van der Waals surface area (Å²) < 4.78 is 0. The molecule has 6 nitrogen and oxygen atoms in total. The summed E-state index contributed by atoms with van der Waals surface area (Å²) in [5.41, 5.74) is 9.02. The average molecular weight is 285 g/mol. The second-order valence-corrected chi connectivity index (χ2v) is 1.15. The zero-order valence-corrected chi connectivity index (χ0v) is 10.3. The predicted octanol–water partition coefficient (Wildman–Crippen LogP) is -4.99. The van der Waals surface area contributed by atoms with Crippen LogP contribution in [-0.4, -0.2) is 73.9 Å². The van der Waals surface area contributed by atoms with Gasteiger partial charge in [-0.1, -0.05) is 0 Å². The Hall–Kier alpha value is 0.431. The molecule has 11 heavy (non-hydrogen) atoms. The van der Waals surface area contributed by atoms with Crippen LogP contribution in [-0.2, 0) is 9.59 Å². The Morgan fingerprint density at radius 3 is 1.09 bits per heavy atom. The Kier molecular flexibility index (Phi) is 20.8. The van der Waals surface area contributed by atoms with Gasteiger partial charge in [0.25, 0.3) is 0 Å². The van der Waals surface area contributed by atoms with Gasteiger partial charge in [-0.3, -0.25) is 0 Å². The molecule has 0 aliphatic heterocycles. The second-order valence-electron chi connectivity index (χ2n) is 1.15. The molecule has 0 aliphatic carbocycles. The topological polar surface area (TPSA) is 132 Å². The first-order chi connectivity index (χ1) is 4.54. The minimum absolute atomic E-state index is 0. The summed E-state index contributed by atoms with van der Waals surface area (Å²) in [5, 5.41) is 18.3. The van der Waals surface area contributed by atoms with Crippen LogP contribution in [0.1, 0.15) is 0 Å². The van der Waals surface area contributed by atoms with Gasteiger partial charge in [-0.2, -0.15) is 0 Å². The Bertz CT molecular complexity index is 105. The number of rotatable bonds is 2. The third-order valence-electron chi connectivity index (χ3n) is 0.333. The van der Waals surface area contributed by atoms with Crippen molar-refractivity contribution >= 4 is 60.8 Å². The van der Waals surface area contributed by atoms with E-state index in [1.165, 1.54) is 0 Å². The second kappa shape index (κ2) is 13.1. The molecule has 0 bridgehead atoms. The maximum absolute atomic E-state index is 9.13. The van der Waals surface area contributed by atoms with Crippen LogP contribution in [0.3, 0.4) is 0 Å². The molecule has 7 heteroatoms. The van der Waals surface area contributed by atoms with E-state index in [1.807, 2.05) is 0 Å². The monoisotopic (exact) mass is 286 g/mol. The van der Waals surface area contributed by atoms with Crippen LogP contribution in [0.2, 0.25) is 0 Å². The summed E-state index contributed by atoms with van der Waals surface area (Å²) >= 11 is 0. The van der Waals surface area contributed by atoms with E-state index < -0.39 is 11.9 Å². The molecule has 0 amide bonds. The molecule has 0 spiro atoms. The van der Waals surface area contributed by atoms with Crippen molar-refractivity contribution in [3.63, 3.8) is 0 Å². The molecule has 0 saturated carbocycles. The minimum atomic E-state index is -1.22. The van der Waals surface area contributed by atoms with Crippen molar-refractivity contribution in [2.45, 2.75) is 0 Å². The van der Waals surface area contributed by atoms with E-state index in [-0.39, 0.29) is 62.0 Å². The van der Waals surface area contributed by atoms with Gasteiger partial charge in [0.1, 0.15) is 0 Å². The van der Waals surface area contributed by atoms with Gasteiger partial charge in [0.05, 0.1) is 11.9 Å². The molecule has 0 heterocycles. The summed E-state index contributed by atoms with van der Waals surface area (Å²) in [6.45, 7) is -0.778. The van der Waals surface area contributed by atoms with Gasteiger partial charge in [-0.25, -0.2) is 0 Å². The van der Waals surface area contributed by atoms with Crippen LogP contribution in [0.25, 0.3) is 0 Å². The smallest absolute Gasteiger partial charge is 0.549 e. The molecule has 0 aromatic rings. The molecule has 0 fully saturated rings. The zero-order chi connectivity index (χ0) is 8.57. The van der Waals surface area contributed by atoms with Gasteiger partial charge >= 0.3 is 48.9 Å². The van der Waals surface area contributed by atoms with Gasteiger partial charge in [-0.05, 0) is 0 Å². The van der Waals surface area contributed by atoms with Crippen molar-refractivity contribution in [2.75, 3.05) is 13.1 Å². The average Bonchev–Trinajstić information content (AvgIpc) is 1.89. The first-order valence-corrected chi connectivity index (χ1v) is 2.34. The van der Waals surface area contributed by atoms with Crippen molar-refractivity contribution in [2.24, 2.45) is 11.5 Å². The molecule has 0 saturated heterocycles. The summed E-state index contributed by atoms with van der Waals surface area (Å²) in [4.78, 5) is 18.3. The van der Waals surface area contributed by atoms with Crippen molar-refractivity contribution < 1.29 is 19.8 Å². The van der Waals surface area contributed by atoms with Gasteiger partial charge in [0.2, 0.25) is 0 Å². The molecule has 0 unspecified atom stereocenters. The number of carbonyl (C=O) groups is 2. The minimum Gasteiger partial charge on any atom is -0.549 e. The van der Waals surface area contributed by atoms with Crippen LogP contribution in [0.5, 0.6) is 0 Å². The van der Waals surface area contributed by atoms with E-state index in [9.17, 15) is 0 Å². The first-order valence-electron chi connectivity index (χ1n) is 2.34. The van der Waals surface area contributed by atoms with Gasteiger partial charge < -0.3 is 31.3 Å². The van der Waals surface area contributed by atoms with E-state index in [4.69, 9.17) is 19.8 Å². The number of carbonyl (C=O) groups excluding carboxylic acids is 2.